The van der Waals surface area contributed by atoms with Gasteiger partial charge in [-0.2, -0.15) is 0 Å². The van der Waals surface area contributed by atoms with E-state index in [1.807, 2.05) is 0 Å². The third kappa shape index (κ3) is 2.35. The lowest BCUT2D eigenvalue weighted by atomic mass is 9.97. The van der Waals surface area contributed by atoms with E-state index in [1.165, 1.54) is 0 Å². The van der Waals surface area contributed by atoms with Crippen molar-refractivity contribution in [3.63, 3.8) is 0 Å². The minimum atomic E-state index is -0.754. The highest BCUT2D eigenvalue weighted by Gasteiger charge is 2.11. The van der Waals surface area contributed by atoms with Crippen LogP contribution in [0.2, 0.25) is 0 Å². The molecule has 26 heavy (non-hydrogen) atoms. The standard InChI is InChI=1S/C24H16N2/c1-3-7-17(8-4-1)19-13-15-25-23-21(19)11-12-22-20(14-16-26-24(22)23)18-9-5-2-6-10-18/h1-16H/i1D,2D,3D,4D,5D,6D,7D,8D,9D,10D,11D,12D,13D,14D,15D,16D. The van der Waals surface area contributed by atoms with Crippen LogP contribution in [0, 0.1) is 0 Å². The van der Waals surface area contributed by atoms with Crippen molar-refractivity contribution in [3.05, 3.63) is 96.9 Å². The lowest BCUT2D eigenvalue weighted by Crippen LogP contribution is -1.90. The molecule has 3 aromatic carbocycles. The summed E-state index contributed by atoms with van der Waals surface area (Å²) in [4.78, 5) is 8.06. The molecule has 0 bridgehead atoms. The van der Waals surface area contributed by atoms with Crippen molar-refractivity contribution < 1.29 is 21.9 Å². The predicted molar refractivity (Wildman–Crippen MR) is 108 cm³/mol. The molecular formula is C24H16N2. The summed E-state index contributed by atoms with van der Waals surface area (Å²) in [5, 5.41) is -0.771. The minimum Gasteiger partial charge on any atom is -0.254 e. The van der Waals surface area contributed by atoms with Gasteiger partial charge in [0.05, 0.1) is 33.0 Å². The van der Waals surface area contributed by atoms with Crippen molar-refractivity contribution in [1.29, 1.82) is 0 Å². The van der Waals surface area contributed by atoms with Crippen LogP contribution in [0.15, 0.2) is 96.9 Å². The van der Waals surface area contributed by atoms with E-state index < -0.39 is 119 Å². The molecule has 0 aliphatic rings. The first kappa shape index (κ1) is 5.75. The molecule has 0 fully saturated rings. The molecule has 2 heteroatoms. The Labute approximate surface area is 174 Å². The smallest absolute Gasteiger partial charge is 0.0970 e. The molecule has 0 aliphatic carbocycles. The Morgan fingerprint density at radius 1 is 0.500 bits per heavy atom. The second-order valence-electron chi connectivity index (χ2n) is 5.14. The maximum Gasteiger partial charge on any atom is 0.0970 e. The lowest BCUT2D eigenvalue weighted by Gasteiger charge is -2.11. The first-order valence-corrected chi connectivity index (χ1v) is 7.39. The van der Waals surface area contributed by atoms with Gasteiger partial charge in [-0.25, -0.2) is 0 Å². The van der Waals surface area contributed by atoms with Crippen LogP contribution in [0.4, 0.5) is 0 Å². The molecule has 0 radical (unpaired) electrons. The number of benzene rings is 3. The minimum absolute atomic E-state index is 0.379. The van der Waals surface area contributed by atoms with Crippen LogP contribution >= 0.6 is 0 Å². The first-order chi connectivity index (χ1) is 19.5. The molecule has 0 saturated heterocycles. The molecule has 0 amide bonds. The maximum atomic E-state index is 8.87. The van der Waals surface area contributed by atoms with E-state index in [1.54, 1.807) is 0 Å². The van der Waals surface area contributed by atoms with Gasteiger partial charge in [0.1, 0.15) is 0 Å². The highest BCUT2D eigenvalue weighted by molar-refractivity contribution is 6.11. The van der Waals surface area contributed by atoms with E-state index in [0.717, 1.165) is 0 Å². The maximum absolute atomic E-state index is 8.87. The number of fused-ring (bicyclic) bond motifs is 3. The molecular weight excluding hydrogens is 316 g/mol. The molecule has 2 nitrogen and oxygen atoms in total. The molecule has 0 unspecified atom stereocenters. The van der Waals surface area contributed by atoms with Gasteiger partial charge in [-0.15, -0.1) is 0 Å². The summed E-state index contributed by atoms with van der Waals surface area (Å²) in [5.41, 5.74) is -2.72. The Bertz CT molecular complexity index is 1850. The Morgan fingerprint density at radius 2 is 0.923 bits per heavy atom. The summed E-state index contributed by atoms with van der Waals surface area (Å²) in [5.74, 6) is 0. The van der Waals surface area contributed by atoms with Gasteiger partial charge in [0.2, 0.25) is 0 Å². The zero-order valence-corrected chi connectivity index (χ0v) is 12.9. The quantitative estimate of drug-likeness (QED) is 0.359. The van der Waals surface area contributed by atoms with Gasteiger partial charge >= 0.3 is 0 Å². The molecule has 0 saturated carbocycles. The van der Waals surface area contributed by atoms with Crippen LogP contribution in [0.3, 0.4) is 0 Å². The Hall–Kier alpha value is -3.52. The van der Waals surface area contributed by atoms with Crippen LogP contribution in [-0.2, 0) is 0 Å². The van der Waals surface area contributed by atoms with Gasteiger partial charge in [-0.3, -0.25) is 9.97 Å². The zero-order chi connectivity index (χ0) is 31.3. The molecule has 0 atom stereocenters. The first-order valence-electron chi connectivity index (χ1n) is 15.4. The zero-order valence-electron chi connectivity index (χ0n) is 28.9. The van der Waals surface area contributed by atoms with Crippen LogP contribution in [-0.4, -0.2) is 9.97 Å². The highest BCUT2D eigenvalue weighted by atomic mass is 14.7. The molecule has 5 rings (SSSR count). The second-order valence-corrected chi connectivity index (χ2v) is 5.14. The number of nitrogens with zero attached hydrogens (tertiary/aromatic N) is 2. The summed E-state index contributed by atoms with van der Waals surface area (Å²) in [7, 11) is 0. The third-order valence-electron chi connectivity index (χ3n) is 3.71. The summed E-state index contributed by atoms with van der Waals surface area (Å²) >= 11 is 0. The molecule has 0 aliphatic heterocycles. The van der Waals surface area contributed by atoms with E-state index in [9.17, 15) is 0 Å². The highest BCUT2D eigenvalue weighted by Crippen LogP contribution is 2.34. The van der Waals surface area contributed by atoms with Crippen LogP contribution in [0.5, 0.6) is 0 Å². The molecule has 2 heterocycles. The monoisotopic (exact) mass is 348 g/mol. The number of hydrogen-bond donors (Lipinski definition) is 0. The van der Waals surface area contributed by atoms with E-state index in [0.29, 0.717) is 0 Å². The lowest BCUT2D eigenvalue weighted by molar-refractivity contribution is 1.37. The van der Waals surface area contributed by atoms with Gasteiger partial charge in [0.25, 0.3) is 0 Å². The van der Waals surface area contributed by atoms with Crippen molar-refractivity contribution in [3.8, 4) is 22.3 Å². The molecule has 2 aromatic heterocycles. The summed E-state index contributed by atoms with van der Waals surface area (Å²) in [6.07, 6.45) is -1.51. The van der Waals surface area contributed by atoms with Gasteiger partial charge in [-0.1, -0.05) is 72.5 Å². The van der Waals surface area contributed by atoms with Crippen LogP contribution in [0.25, 0.3) is 44.1 Å². The summed E-state index contributed by atoms with van der Waals surface area (Å²) < 4.78 is 133. The largest absolute Gasteiger partial charge is 0.254 e. The fraction of sp³-hybridized carbons (Fsp3) is 0. The van der Waals surface area contributed by atoms with Crippen molar-refractivity contribution >= 4 is 21.8 Å². The third-order valence-corrected chi connectivity index (χ3v) is 3.71. The van der Waals surface area contributed by atoms with E-state index in [2.05, 4.69) is 9.97 Å². The fourth-order valence-corrected chi connectivity index (χ4v) is 2.59. The van der Waals surface area contributed by atoms with E-state index in [4.69, 9.17) is 21.9 Å². The topological polar surface area (TPSA) is 25.8 Å². The molecule has 0 spiro atoms. The van der Waals surface area contributed by atoms with Crippen molar-refractivity contribution in [2.45, 2.75) is 0 Å². The number of hydrogen-bond acceptors (Lipinski definition) is 2. The van der Waals surface area contributed by atoms with E-state index in [-0.39, 0.29) is 21.8 Å². The number of pyridine rings is 2. The van der Waals surface area contributed by atoms with Crippen LogP contribution < -0.4 is 0 Å². The van der Waals surface area contributed by atoms with Crippen molar-refractivity contribution in [2.24, 2.45) is 0 Å². The van der Waals surface area contributed by atoms with Gasteiger partial charge in [0, 0.05) is 23.1 Å². The Kier molecular flexibility index (Phi) is 1.35. The fourth-order valence-electron chi connectivity index (χ4n) is 2.59. The molecule has 122 valence electrons. The normalized spacial score (nSPS) is 19.7. The van der Waals surface area contributed by atoms with Gasteiger partial charge in [-0.05, 0) is 34.3 Å². The predicted octanol–water partition coefficient (Wildman–Crippen LogP) is 6.12. The Morgan fingerprint density at radius 3 is 1.35 bits per heavy atom. The molecule has 0 N–H and O–H groups in total. The average Bonchev–Trinajstić information content (AvgIpc) is 2.95. The number of aromatic nitrogens is 2. The van der Waals surface area contributed by atoms with E-state index >= 15 is 0 Å². The number of rotatable bonds is 2. The average molecular weight is 349 g/mol. The van der Waals surface area contributed by atoms with Gasteiger partial charge in [0.15, 0.2) is 0 Å². The van der Waals surface area contributed by atoms with Crippen molar-refractivity contribution in [2.75, 3.05) is 0 Å². The second kappa shape index (κ2) is 6.08. The summed E-state index contributed by atoms with van der Waals surface area (Å²) in [6.45, 7) is 0. The summed E-state index contributed by atoms with van der Waals surface area (Å²) in [6, 6.07) is -10.2. The van der Waals surface area contributed by atoms with Crippen molar-refractivity contribution in [1.82, 2.24) is 9.97 Å². The van der Waals surface area contributed by atoms with Gasteiger partial charge < -0.3 is 0 Å². The Balaban J connectivity index is 2.10. The SMILES string of the molecule is [2H]c1nc2c(c([2H])c([2H])c3c(-c4c([2H])c([2H])c([2H])c([2H])c4[2H])c([2H])c([2H])nc32)c(-c2c([2H])c([2H])c([2H])c([2H])c2[2H])c1[2H]. The molecule has 5 aromatic rings. The van der Waals surface area contributed by atoms with Crippen LogP contribution in [0.1, 0.15) is 21.9 Å².